The summed E-state index contributed by atoms with van der Waals surface area (Å²) < 4.78 is 0. The second-order valence-corrected chi connectivity index (χ2v) is 22.4. The Morgan fingerprint density at radius 1 is 0.525 bits per heavy atom. The Morgan fingerprint density at radius 2 is 1.05 bits per heavy atom. The first-order chi connectivity index (χ1) is 28.4. The van der Waals surface area contributed by atoms with Crippen molar-refractivity contribution in [2.45, 2.75) is 120 Å². The van der Waals surface area contributed by atoms with Gasteiger partial charge < -0.3 is 14.7 Å². The number of allylic oxidation sites excluding steroid dienone is 6. The van der Waals surface area contributed by atoms with E-state index in [-0.39, 0.29) is 34.2 Å². The molecule has 11 aliphatic rings. The number of fused-ring (bicyclic) bond motifs is 3. The van der Waals surface area contributed by atoms with Crippen LogP contribution in [0.15, 0.2) is 119 Å². The summed E-state index contributed by atoms with van der Waals surface area (Å²) in [5.74, 6) is 2.73. The fourth-order valence-corrected chi connectivity index (χ4v) is 16.5. The first kappa shape index (κ1) is 33.1. The minimum absolute atomic E-state index is 0.0219. The van der Waals surface area contributed by atoms with Crippen LogP contribution in [0.1, 0.15) is 110 Å². The number of rotatable bonds is 3. The zero-order valence-corrected chi connectivity index (χ0v) is 35.6. The maximum absolute atomic E-state index is 2.92. The Balaban J connectivity index is 1.06. The normalized spacial score (nSPS) is 36.8. The molecule has 4 heteroatoms. The van der Waals surface area contributed by atoms with Crippen molar-refractivity contribution in [2.24, 2.45) is 23.7 Å². The van der Waals surface area contributed by atoms with Gasteiger partial charge in [-0.25, -0.2) is 0 Å². The molecule has 0 aromatic heterocycles. The Bertz CT molecular complexity index is 2710. The van der Waals surface area contributed by atoms with Gasteiger partial charge in [0.2, 0.25) is 0 Å². The van der Waals surface area contributed by atoms with Crippen molar-refractivity contribution < 1.29 is 0 Å². The van der Waals surface area contributed by atoms with Gasteiger partial charge in [-0.15, -0.1) is 0 Å². The van der Waals surface area contributed by atoms with Crippen LogP contribution in [0, 0.1) is 23.7 Å². The zero-order valence-electron chi connectivity index (χ0n) is 35.6. The van der Waals surface area contributed by atoms with Crippen LogP contribution in [0.2, 0.25) is 0 Å². The highest BCUT2D eigenvalue weighted by Gasteiger charge is 2.61. The second kappa shape index (κ2) is 9.91. The van der Waals surface area contributed by atoms with E-state index in [1.165, 1.54) is 83.8 Å². The van der Waals surface area contributed by atoms with E-state index >= 15 is 0 Å². The molecule has 0 radical (unpaired) electrons. The van der Waals surface area contributed by atoms with Crippen molar-refractivity contribution in [1.29, 1.82) is 0 Å². The molecular weight excluding hydrogens is 713 g/mol. The standard InChI is InChI=1S/C55H54BN3/c1-51(2)39-14-11-17-42-48(39)56-49-40(51)15-12-18-43(49)59(53(4)29-35-23-32-24-36(30-53)47(32)35)45-26-37(57-41-16-8-7-13-38(41)54(5)19-9-10-20-55(54,57)6)25-44(50(45)56)58(42)52(3)27-33-21-31-22-34(28-52)46(31)33/h7-8,11-18,21,23,25-26,28,30,33,35,46-47H,9-10,19-20,22,24,27,29H2,1-6H3/t33?,35?,46-,47?,52?,53?,54?,55?/m0/s1. The van der Waals surface area contributed by atoms with Gasteiger partial charge in [-0.05, 0) is 135 Å². The maximum atomic E-state index is 2.92. The lowest BCUT2D eigenvalue weighted by molar-refractivity contribution is 0.195. The summed E-state index contributed by atoms with van der Waals surface area (Å²) in [5.41, 5.74) is 24.3. The smallest absolute Gasteiger partial charge is 0.252 e. The minimum atomic E-state index is -0.146. The average molecular weight is 768 g/mol. The molecule has 7 unspecified atom stereocenters. The van der Waals surface area contributed by atoms with E-state index in [2.05, 4.69) is 153 Å². The molecule has 0 saturated heterocycles. The molecule has 3 fully saturated rings. The van der Waals surface area contributed by atoms with Gasteiger partial charge in [0.25, 0.3) is 6.71 Å². The summed E-state index contributed by atoms with van der Waals surface area (Å²) in [6, 6.07) is 29.7. The van der Waals surface area contributed by atoms with Gasteiger partial charge in [0.15, 0.2) is 0 Å². The largest absolute Gasteiger partial charge is 0.334 e. The van der Waals surface area contributed by atoms with Gasteiger partial charge in [0.05, 0.1) is 16.6 Å². The van der Waals surface area contributed by atoms with Crippen LogP contribution in [-0.4, -0.2) is 23.3 Å². The predicted molar refractivity (Wildman–Crippen MR) is 245 cm³/mol. The molecule has 4 heterocycles. The first-order valence-corrected chi connectivity index (χ1v) is 23.2. The molecule has 3 saturated carbocycles. The Hall–Kier alpha value is -4.70. The number of anilines is 6. The fourth-order valence-electron chi connectivity index (χ4n) is 16.5. The quantitative estimate of drug-likeness (QED) is 0.152. The first-order valence-electron chi connectivity index (χ1n) is 23.2. The molecule has 4 aromatic rings. The van der Waals surface area contributed by atoms with Crippen LogP contribution in [0.4, 0.5) is 34.1 Å². The van der Waals surface area contributed by atoms with Gasteiger partial charge >= 0.3 is 0 Å². The van der Waals surface area contributed by atoms with Crippen molar-refractivity contribution in [2.75, 3.05) is 14.7 Å². The van der Waals surface area contributed by atoms with E-state index in [1.54, 1.807) is 44.2 Å². The lowest BCUT2D eigenvalue weighted by Gasteiger charge is -2.61. The van der Waals surface area contributed by atoms with Crippen LogP contribution in [0.5, 0.6) is 0 Å². The highest BCUT2D eigenvalue weighted by molar-refractivity contribution is 7.01. The number of hydrogen-bond acceptors (Lipinski definition) is 3. The van der Waals surface area contributed by atoms with E-state index in [4.69, 9.17) is 0 Å². The highest BCUT2D eigenvalue weighted by atomic mass is 15.3. The maximum Gasteiger partial charge on any atom is 0.252 e. The molecule has 292 valence electrons. The topological polar surface area (TPSA) is 9.72 Å². The van der Waals surface area contributed by atoms with E-state index in [0.29, 0.717) is 11.8 Å². The van der Waals surface area contributed by atoms with Crippen LogP contribution in [0.3, 0.4) is 0 Å². The summed E-state index contributed by atoms with van der Waals surface area (Å²) in [5, 5.41) is 0. The lowest BCUT2D eigenvalue weighted by atomic mass is 9.28. The summed E-state index contributed by atoms with van der Waals surface area (Å²) in [7, 11) is 0. The van der Waals surface area contributed by atoms with Gasteiger partial charge in [-0.1, -0.05) is 123 Å². The summed E-state index contributed by atoms with van der Waals surface area (Å²) in [4.78, 5) is 8.70. The van der Waals surface area contributed by atoms with Gasteiger partial charge in [0, 0.05) is 56.8 Å². The SMILES string of the molecule is CC1(C)c2cccc3c2B2c4c(cc(N5c6ccccc6C6(C)CCCCC56C)cc4N(C4(C)C=C5CC6=CC(C4)[C@H]65)c4cccc1c42)N3C1(C)C=C2CC3=CC(C1)C32. The number of benzene rings is 4. The molecule has 0 bridgehead atoms. The van der Waals surface area contributed by atoms with Crippen molar-refractivity contribution >= 4 is 57.2 Å². The van der Waals surface area contributed by atoms with Crippen molar-refractivity contribution in [3.63, 3.8) is 0 Å². The van der Waals surface area contributed by atoms with E-state index in [1.807, 2.05) is 0 Å². The fraction of sp³-hybridized carbons (Fsp3) is 0.418. The predicted octanol–water partition coefficient (Wildman–Crippen LogP) is 10.8. The third kappa shape index (κ3) is 3.50. The van der Waals surface area contributed by atoms with Crippen molar-refractivity contribution in [3.8, 4) is 0 Å². The molecule has 3 nitrogen and oxygen atoms in total. The van der Waals surface area contributed by atoms with Crippen molar-refractivity contribution in [1.82, 2.24) is 0 Å². The van der Waals surface area contributed by atoms with Crippen LogP contribution in [0.25, 0.3) is 0 Å². The summed E-state index contributed by atoms with van der Waals surface area (Å²) >= 11 is 0. The molecular formula is C55H54BN3. The summed E-state index contributed by atoms with van der Waals surface area (Å²) in [6.45, 7) is 15.6. The van der Waals surface area contributed by atoms with Crippen LogP contribution >= 0.6 is 0 Å². The molecule has 0 spiro atoms. The van der Waals surface area contributed by atoms with Gasteiger partial charge in [0.1, 0.15) is 0 Å². The minimum Gasteiger partial charge on any atom is -0.334 e. The van der Waals surface area contributed by atoms with Crippen LogP contribution < -0.4 is 31.1 Å². The summed E-state index contributed by atoms with van der Waals surface area (Å²) in [6.07, 6.45) is 20.5. The molecule has 8 atom stereocenters. The third-order valence-electron chi connectivity index (χ3n) is 19.2. The highest BCUT2D eigenvalue weighted by Crippen LogP contribution is 2.65. The molecule has 0 amide bonds. The van der Waals surface area contributed by atoms with E-state index < -0.39 is 0 Å². The number of nitrogens with zero attached hydrogens (tertiary/aromatic N) is 3. The molecule has 7 aliphatic carbocycles. The lowest BCUT2D eigenvalue weighted by Crippen LogP contribution is -2.71. The molecule has 4 aromatic carbocycles. The monoisotopic (exact) mass is 767 g/mol. The molecule has 59 heavy (non-hydrogen) atoms. The van der Waals surface area contributed by atoms with E-state index in [9.17, 15) is 0 Å². The van der Waals surface area contributed by atoms with Crippen molar-refractivity contribution in [3.05, 3.63) is 136 Å². The Kier molecular flexibility index (Phi) is 5.56. The van der Waals surface area contributed by atoms with Gasteiger partial charge in [-0.3, -0.25) is 0 Å². The van der Waals surface area contributed by atoms with Crippen LogP contribution in [-0.2, 0) is 10.8 Å². The van der Waals surface area contributed by atoms with E-state index in [0.717, 1.165) is 24.7 Å². The Morgan fingerprint density at radius 3 is 1.61 bits per heavy atom. The molecule has 15 rings (SSSR count). The second-order valence-electron chi connectivity index (χ2n) is 22.4. The third-order valence-corrected chi connectivity index (χ3v) is 19.2. The number of hydrogen-bond donors (Lipinski definition) is 0. The Labute approximate surface area is 350 Å². The molecule has 4 aliphatic heterocycles. The average Bonchev–Trinajstić information content (AvgIpc) is 3.39. The molecule has 0 N–H and O–H groups in total. The van der Waals surface area contributed by atoms with Gasteiger partial charge in [-0.2, -0.15) is 0 Å². The number of para-hydroxylation sites is 1. The zero-order chi connectivity index (χ0) is 39.3.